The van der Waals surface area contributed by atoms with Crippen LogP contribution in [0.3, 0.4) is 0 Å². The maximum absolute atomic E-state index is 12.7. The number of benzene rings is 3. The molecule has 0 atom stereocenters. The minimum Gasteiger partial charge on any atom is -0.368 e. The fourth-order valence-corrected chi connectivity index (χ4v) is 3.47. The Balaban J connectivity index is 1.41. The molecule has 0 aliphatic carbocycles. The molecule has 0 bridgehead atoms. The third kappa shape index (κ3) is 3.46. The van der Waals surface area contributed by atoms with Crippen LogP contribution in [0.25, 0.3) is 10.8 Å². The van der Waals surface area contributed by atoms with E-state index in [9.17, 15) is 4.79 Å². The molecule has 0 aromatic heterocycles. The van der Waals surface area contributed by atoms with Crippen molar-refractivity contribution in [1.29, 1.82) is 0 Å². The molecule has 4 rings (SSSR count). The van der Waals surface area contributed by atoms with Gasteiger partial charge in [-0.3, -0.25) is 0 Å². The second-order valence-corrected chi connectivity index (χ2v) is 6.84. The fourth-order valence-electron chi connectivity index (χ4n) is 3.35. The van der Waals surface area contributed by atoms with Crippen molar-refractivity contribution in [2.24, 2.45) is 0 Å². The zero-order valence-electron chi connectivity index (χ0n) is 14.4. The van der Waals surface area contributed by atoms with Crippen LogP contribution in [-0.2, 0) is 0 Å². The SMILES string of the molecule is O=C(Nc1cccc2ccccc12)N1CCN(c2ccc(Cl)cc2)CC1. The van der Waals surface area contributed by atoms with Gasteiger partial charge in [0.15, 0.2) is 0 Å². The summed E-state index contributed by atoms with van der Waals surface area (Å²) in [4.78, 5) is 16.8. The quantitative estimate of drug-likeness (QED) is 0.704. The molecule has 26 heavy (non-hydrogen) atoms. The summed E-state index contributed by atoms with van der Waals surface area (Å²) in [5.41, 5.74) is 2.00. The third-order valence-electron chi connectivity index (χ3n) is 4.79. The van der Waals surface area contributed by atoms with Crippen LogP contribution in [0, 0.1) is 0 Å². The maximum atomic E-state index is 12.7. The molecule has 1 aliphatic heterocycles. The Morgan fingerprint density at radius 2 is 1.54 bits per heavy atom. The standard InChI is InChI=1S/C21H20ClN3O/c22-17-8-10-18(11-9-17)24-12-14-25(15-13-24)21(26)23-20-7-3-5-16-4-1-2-6-19(16)20/h1-11H,12-15H2,(H,23,26). The number of hydrogen-bond donors (Lipinski definition) is 1. The van der Waals surface area contributed by atoms with Crippen molar-refractivity contribution in [3.05, 3.63) is 71.8 Å². The predicted molar refractivity (Wildman–Crippen MR) is 108 cm³/mol. The lowest BCUT2D eigenvalue weighted by Crippen LogP contribution is -2.50. The first kappa shape index (κ1) is 16.7. The van der Waals surface area contributed by atoms with Gasteiger partial charge in [0.2, 0.25) is 0 Å². The van der Waals surface area contributed by atoms with Gasteiger partial charge < -0.3 is 15.1 Å². The Labute approximate surface area is 158 Å². The second-order valence-electron chi connectivity index (χ2n) is 6.41. The van der Waals surface area contributed by atoms with Crippen LogP contribution >= 0.6 is 11.6 Å². The molecular formula is C21H20ClN3O. The maximum Gasteiger partial charge on any atom is 0.321 e. The van der Waals surface area contributed by atoms with E-state index in [0.717, 1.165) is 40.3 Å². The van der Waals surface area contributed by atoms with Crippen LogP contribution in [0.5, 0.6) is 0 Å². The molecule has 5 heteroatoms. The van der Waals surface area contributed by atoms with Crippen molar-refractivity contribution in [2.75, 3.05) is 36.4 Å². The van der Waals surface area contributed by atoms with E-state index in [0.29, 0.717) is 13.1 Å². The molecule has 1 N–H and O–H groups in total. The number of halogens is 1. The molecule has 4 nitrogen and oxygen atoms in total. The number of fused-ring (bicyclic) bond motifs is 1. The van der Waals surface area contributed by atoms with E-state index in [4.69, 9.17) is 11.6 Å². The van der Waals surface area contributed by atoms with Crippen molar-refractivity contribution >= 4 is 39.8 Å². The monoisotopic (exact) mass is 365 g/mol. The highest BCUT2D eigenvalue weighted by atomic mass is 35.5. The number of piperazine rings is 1. The Morgan fingerprint density at radius 3 is 2.31 bits per heavy atom. The lowest BCUT2D eigenvalue weighted by atomic mass is 10.1. The van der Waals surface area contributed by atoms with E-state index in [2.05, 4.69) is 22.3 Å². The summed E-state index contributed by atoms with van der Waals surface area (Å²) in [6.45, 7) is 3.01. The van der Waals surface area contributed by atoms with Gasteiger partial charge in [0, 0.05) is 42.3 Å². The number of nitrogens with one attached hydrogen (secondary N) is 1. The molecule has 0 unspecified atom stereocenters. The highest BCUT2D eigenvalue weighted by Crippen LogP contribution is 2.24. The molecule has 1 aliphatic rings. The predicted octanol–water partition coefficient (Wildman–Crippen LogP) is 4.85. The van der Waals surface area contributed by atoms with Crippen LogP contribution in [0.2, 0.25) is 5.02 Å². The Hall–Kier alpha value is -2.72. The second kappa shape index (κ2) is 7.26. The lowest BCUT2D eigenvalue weighted by Gasteiger charge is -2.36. The first-order valence-electron chi connectivity index (χ1n) is 8.75. The van der Waals surface area contributed by atoms with E-state index < -0.39 is 0 Å². The summed E-state index contributed by atoms with van der Waals surface area (Å²) >= 11 is 5.95. The van der Waals surface area contributed by atoms with E-state index in [1.54, 1.807) is 0 Å². The molecule has 1 saturated heterocycles. The van der Waals surface area contributed by atoms with Gasteiger partial charge in [-0.25, -0.2) is 4.79 Å². The molecule has 0 spiro atoms. The molecule has 3 aromatic rings. The normalized spacial score (nSPS) is 14.5. The Kier molecular flexibility index (Phi) is 4.67. The number of carbonyl (C=O) groups excluding carboxylic acids is 1. The Bertz CT molecular complexity index is 913. The van der Waals surface area contributed by atoms with Crippen molar-refractivity contribution in [2.45, 2.75) is 0 Å². The zero-order valence-corrected chi connectivity index (χ0v) is 15.1. The van der Waals surface area contributed by atoms with Crippen molar-refractivity contribution < 1.29 is 4.79 Å². The van der Waals surface area contributed by atoms with Gasteiger partial charge in [0.05, 0.1) is 5.69 Å². The topological polar surface area (TPSA) is 35.6 Å². The van der Waals surface area contributed by atoms with Crippen molar-refractivity contribution in [3.63, 3.8) is 0 Å². The van der Waals surface area contributed by atoms with Gasteiger partial charge in [-0.1, -0.05) is 48.0 Å². The fraction of sp³-hybridized carbons (Fsp3) is 0.190. The van der Waals surface area contributed by atoms with E-state index in [1.165, 1.54) is 0 Å². The smallest absolute Gasteiger partial charge is 0.321 e. The summed E-state index contributed by atoms with van der Waals surface area (Å²) in [6.07, 6.45) is 0. The lowest BCUT2D eigenvalue weighted by molar-refractivity contribution is 0.208. The number of anilines is 2. The van der Waals surface area contributed by atoms with Crippen LogP contribution in [0.4, 0.5) is 16.2 Å². The molecule has 1 heterocycles. The Morgan fingerprint density at radius 1 is 0.846 bits per heavy atom. The average molecular weight is 366 g/mol. The summed E-state index contributed by atoms with van der Waals surface area (Å²) in [6, 6.07) is 21.8. The average Bonchev–Trinajstić information content (AvgIpc) is 2.69. The van der Waals surface area contributed by atoms with Gasteiger partial charge in [0.25, 0.3) is 0 Å². The van der Waals surface area contributed by atoms with Crippen LogP contribution in [-0.4, -0.2) is 37.1 Å². The molecule has 3 aromatic carbocycles. The van der Waals surface area contributed by atoms with Crippen LogP contribution < -0.4 is 10.2 Å². The van der Waals surface area contributed by atoms with E-state index in [1.807, 2.05) is 59.5 Å². The summed E-state index contributed by atoms with van der Waals surface area (Å²) in [5.74, 6) is 0. The highest BCUT2D eigenvalue weighted by Gasteiger charge is 2.21. The van der Waals surface area contributed by atoms with Crippen LogP contribution in [0.15, 0.2) is 66.7 Å². The van der Waals surface area contributed by atoms with Gasteiger partial charge >= 0.3 is 6.03 Å². The molecule has 2 amide bonds. The number of nitrogens with zero attached hydrogens (tertiary/aromatic N) is 2. The minimum absolute atomic E-state index is 0.0443. The first-order valence-corrected chi connectivity index (χ1v) is 9.13. The van der Waals surface area contributed by atoms with E-state index in [-0.39, 0.29) is 6.03 Å². The molecular weight excluding hydrogens is 346 g/mol. The van der Waals surface area contributed by atoms with Gasteiger partial charge in [-0.05, 0) is 35.7 Å². The molecule has 1 fully saturated rings. The van der Waals surface area contributed by atoms with Gasteiger partial charge in [0.1, 0.15) is 0 Å². The zero-order chi connectivity index (χ0) is 17.9. The summed E-state index contributed by atoms with van der Waals surface area (Å²) < 4.78 is 0. The minimum atomic E-state index is -0.0443. The number of urea groups is 1. The van der Waals surface area contributed by atoms with Gasteiger partial charge in [-0.2, -0.15) is 0 Å². The third-order valence-corrected chi connectivity index (χ3v) is 5.04. The van der Waals surface area contributed by atoms with Gasteiger partial charge in [-0.15, -0.1) is 0 Å². The highest BCUT2D eigenvalue weighted by molar-refractivity contribution is 6.30. The van der Waals surface area contributed by atoms with Crippen molar-refractivity contribution in [3.8, 4) is 0 Å². The van der Waals surface area contributed by atoms with Crippen LogP contribution in [0.1, 0.15) is 0 Å². The number of carbonyl (C=O) groups is 1. The largest absolute Gasteiger partial charge is 0.368 e. The number of hydrogen-bond acceptors (Lipinski definition) is 2. The molecule has 0 saturated carbocycles. The van der Waals surface area contributed by atoms with E-state index >= 15 is 0 Å². The summed E-state index contributed by atoms with van der Waals surface area (Å²) in [7, 11) is 0. The molecule has 0 radical (unpaired) electrons. The summed E-state index contributed by atoms with van der Waals surface area (Å²) in [5, 5.41) is 5.99. The molecule has 132 valence electrons. The van der Waals surface area contributed by atoms with Crippen molar-refractivity contribution in [1.82, 2.24) is 4.90 Å². The number of rotatable bonds is 2. The number of amides is 2. The first-order chi connectivity index (χ1) is 12.7.